The Kier molecular flexibility index (Phi) is 8.36. The second-order valence-electron chi connectivity index (χ2n) is 5.33. The third kappa shape index (κ3) is 12.9. The molecule has 92 valence electrons. The van der Waals surface area contributed by atoms with Crippen molar-refractivity contribution < 1.29 is 0 Å². The first-order valence-electron chi connectivity index (χ1n) is 4.58. The molecule has 0 rings (SSSR count). The van der Waals surface area contributed by atoms with Gasteiger partial charge in [0.2, 0.25) is 0 Å². The molecule has 0 saturated carbocycles. The number of amidine groups is 2. The average molecular weight is 216 g/mol. The molecule has 0 unspecified atom stereocenters. The third-order valence-electron chi connectivity index (χ3n) is 1.62. The van der Waals surface area contributed by atoms with E-state index in [-0.39, 0.29) is 29.9 Å². The molecule has 15 heavy (non-hydrogen) atoms. The summed E-state index contributed by atoms with van der Waals surface area (Å²) in [5.74, 6) is 0.486. The van der Waals surface area contributed by atoms with E-state index in [1.807, 2.05) is 41.5 Å². The molecule has 0 aromatic heterocycles. The summed E-state index contributed by atoms with van der Waals surface area (Å²) < 4.78 is 0. The SMILES string of the molecule is C.CC(C)(C)C(=N)N.CC(C)(C)C(=N)N. The standard InChI is InChI=1S/2C5H12N2.CH4/c2*1-5(2,3)4(6)7;/h2*1-3H3,(H3,6,7);1H4. The number of nitrogens with two attached hydrogens (primary N) is 2. The lowest BCUT2D eigenvalue weighted by molar-refractivity contribution is 0.581. The van der Waals surface area contributed by atoms with E-state index in [1.54, 1.807) is 0 Å². The van der Waals surface area contributed by atoms with Crippen LogP contribution in [0.3, 0.4) is 0 Å². The molecule has 6 N–H and O–H groups in total. The van der Waals surface area contributed by atoms with Crippen LogP contribution < -0.4 is 11.5 Å². The first kappa shape index (κ1) is 19.5. The lowest BCUT2D eigenvalue weighted by Crippen LogP contribution is -2.27. The lowest BCUT2D eigenvalue weighted by atomic mass is 9.96. The van der Waals surface area contributed by atoms with Crippen LogP contribution in [0.4, 0.5) is 0 Å². The van der Waals surface area contributed by atoms with Crippen LogP contribution in [-0.2, 0) is 0 Å². The molecule has 0 aromatic rings. The van der Waals surface area contributed by atoms with Crippen molar-refractivity contribution >= 4 is 11.7 Å². The molecule has 0 radical (unpaired) electrons. The van der Waals surface area contributed by atoms with E-state index in [0.717, 1.165) is 0 Å². The zero-order chi connectivity index (χ0) is 12.2. The summed E-state index contributed by atoms with van der Waals surface area (Å²) >= 11 is 0. The molecule has 0 amide bonds. The van der Waals surface area contributed by atoms with Crippen LogP contribution in [0.25, 0.3) is 0 Å². The van der Waals surface area contributed by atoms with E-state index in [1.165, 1.54) is 0 Å². The number of hydrogen-bond acceptors (Lipinski definition) is 2. The molecule has 0 aromatic carbocycles. The Morgan fingerprint density at radius 2 is 0.800 bits per heavy atom. The molecular formula is C11H28N4. The van der Waals surface area contributed by atoms with Crippen LogP contribution in [0.1, 0.15) is 49.0 Å². The quantitative estimate of drug-likeness (QED) is 0.369. The average Bonchev–Trinajstić information content (AvgIpc) is 1.83. The second kappa shape index (κ2) is 6.43. The molecule has 0 fully saturated rings. The summed E-state index contributed by atoms with van der Waals surface area (Å²) in [7, 11) is 0. The summed E-state index contributed by atoms with van der Waals surface area (Å²) in [5, 5.41) is 13.8. The van der Waals surface area contributed by atoms with E-state index in [9.17, 15) is 0 Å². The maximum Gasteiger partial charge on any atom is 0.0960 e. The van der Waals surface area contributed by atoms with Gasteiger partial charge in [0, 0.05) is 10.8 Å². The Hall–Kier alpha value is -1.06. The molecular weight excluding hydrogens is 188 g/mol. The highest BCUT2D eigenvalue weighted by molar-refractivity contribution is 5.82. The van der Waals surface area contributed by atoms with Gasteiger partial charge in [-0.05, 0) is 0 Å². The predicted molar refractivity (Wildman–Crippen MR) is 69.5 cm³/mol. The Bertz CT molecular complexity index is 182. The summed E-state index contributed by atoms with van der Waals surface area (Å²) in [6.07, 6.45) is 0. The monoisotopic (exact) mass is 216 g/mol. The third-order valence-corrected chi connectivity index (χ3v) is 1.62. The van der Waals surface area contributed by atoms with Gasteiger partial charge in [-0.15, -0.1) is 0 Å². The van der Waals surface area contributed by atoms with Gasteiger partial charge in [0.05, 0.1) is 11.7 Å². The Morgan fingerprint density at radius 1 is 0.733 bits per heavy atom. The molecule has 0 bridgehead atoms. The highest BCUT2D eigenvalue weighted by Crippen LogP contribution is 2.10. The molecule has 0 heterocycles. The van der Waals surface area contributed by atoms with Crippen LogP contribution in [0.5, 0.6) is 0 Å². The van der Waals surface area contributed by atoms with Crippen LogP contribution >= 0.6 is 0 Å². The van der Waals surface area contributed by atoms with Crippen molar-refractivity contribution in [2.24, 2.45) is 22.3 Å². The summed E-state index contributed by atoms with van der Waals surface area (Å²) in [6.45, 7) is 11.5. The van der Waals surface area contributed by atoms with Gasteiger partial charge in [-0.3, -0.25) is 10.8 Å². The van der Waals surface area contributed by atoms with E-state index >= 15 is 0 Å². The molecule has 0 aliphatic carbocycles. The van der Waals surface area contributed by atoms with Crippen molar-refractivity contribution in [3.63, 3.8) is 0 Å². The van der Waals surface area contributed by atoms with E-state index in [2.05, 4.69) is 0 Å². The fourth-order valence-electron chi connectivity index (χ4n) is 0. The lowest BCUT2D eigenvalue weighted by Gasteiger charge is -2.14. The van der Waals surface area contributed by atoms with Gasteiger partial charge in [-0.2, -0.15) is 0 Å². The maximum absolute atomic E-state index is 6.92. The van der Waals surface area contributed by atoms with Gasteiger partial charge in [-0.25, -0.2) is 0 Å². The molecule has 4 nitrogen and oxygen atoms in total. The van der Waals surface area contributed by atoms with Gasteiger partial charge in [0.25, 0.3) is 0 Å². The smallest absolute Gasteiger partial charge is 0.0960 e. The van der Waals surface area contributed by atoms with Gasteiger partial charge in [0.15, 0.2) is 0 Å². The minimum Gasteiger partial charge on any atom is -0.387 e. The molecule has 4 heteroatoms. The van der Waals surface area contributed by atoms with Gasteiger partial charge < -0.3 is 11.5 Å². The molecule has 0 aliphatic heterocycles. The van der Waals surface area contributed by atoms with Gasteiger partial charge in [0.1, 0.15) is 0 Å². The molecule has 0 atom stereocenters. The Balaban J connectivity index is -0.000000180. The highest BCUT2D eigenvalue weighted by atomic mass is 14.7. The van der Waals surface area contributed by atoms with E-state index < -0.39 is 0 Å². The van der Waals surface area contributed by atoms with Crippen molar-refractivity contribution in [2.75, 3.05) is 0 Å². The van der Waals surface area contributed by atoms with Gasteiger partial charge >= 0.3 is 0 Å². The zero-order valence-electron chi connectivity index (χ0n) is 10.2. The fourth-order valence-corrected chi connectivity index (χ4v) is 0. The van der Waals surface area contributed by atoms with Crippen LogP contribution in [0.15, 0.2) is 0 Å². The normalized spacial score (nSPS) is 10.5. The molecule has 0 saturated heterocycles. The van der Waals surface area contributed by atoms with Crippen molar-refractivity contribution in [2.45, 2.75) is 49.0 Å². The number of rotatable bonds is 0. The first-order valence-corrected chi connectivity index (χ1v) is 4.58. The predicted octanol–water partition coefficient (Wildman–Crippen LogP) is 2.57. The fraction of sp³-hybridized carbons (Fsp3) is 0.818. The van der Waals surface area contributed by atoms with Crippen LogP contribution in [-0.4, -0.2) is 11.7 Å². The molecule has 0 aliphatic rings. The van der Waals surface area contributed by atoms with Crippen LogP contribution in [0.2, 0.25) is 0 Å². The second-order valence-corrected chi connectivity index (χ2v) is 5.33. The highest BCUT2D eigenvalue weighted by Gasteiger charge is 2.12. The van der Waals surface area contributed by atoms with Gasteiger partial charge in [-0.1, -0.05) is 49.0 Å². The number of hydrogen-bond donors (Lipinski definition) is 4. The van der Waals surface area contributed by atoms with Crippen molar-refractivity contribution in [3.8, 4) is 0 Å². The number of nitrogens with one attached hydrogen (secondary N) is 2. The first-order chi connectivity index (χ1) is 5.89. The Labute approximate surface area is 94.5 Å². The molecule has 0 spiro atoms. The van der Waals surface area contributed by atoms with Crippen molar-refractivity contribution in [1.29, 1.82) is 10.8 Å². The van der Waals surface area contributed by atoms with Crippen LogP contribution in [0, 0.1) is 21.6 Å². The summed E-state index contributed by atoms with van der Waals surface area (Å²) in [6, 6.07) is 0. The Morgan fingerprint density at radius 3 is 0.800 bits per heavy atom. The van der Waals surface area contributed by atoms with E-state index in [0.29, 0.717) is 0 Å². The maximum atomic E-state index is 6.92. The minimum atomic E-state index is -0.139. The summed E-state index contributed by atoms with van der Waals surface area (Å²) in [4.78, 5) is 0. The van der Waals surface area contributed by atoms with Crippen molar-refractivity contribution in [3.05, 3.63) is 0 Å². The minimum absolute atomic E-state index is 0. The van der Waals surface area contributed by atoms with E-state index in [4.69, 9.17) is 22.3 Å². The topological polar surface area (TPSA) is 99.7 Å². The zero-order valence-corrected chi connectivity index (χ0v) is 10.2. The summed E-state index contributed by atoms with van der Waals surface area (Å²) in [5.41, 5.74) is 10.0. The van der Waals surface area contributed by atoms with Crippen molar-refractivity contribution in [1.82, 2.24) is 0 Å². The largest absolute Gasteiger partial charge is 0.387 e.